The minimum atomic E-state index is -0.0492. The maximum Gasteiger partial charge on any atom is 0.269 e. The topological polar surface area (TPSA) is 97.3 Å². The van der Waals surface area contributed by atoms with Gasteiger partial charge in [-0.3, -0.25) is 4.79 Å². The van der Waals surface area contributed by atoms with Gasteiger partial charge in [-0.2, -0.15) is 0 Å². The number of aromatic nitrogens is 3. The number of carbonyl (C=O) groups excluding carboxylic acids is 1. The van der Waals surface area contributed by atoms with Crippen LogP contribution in [0.25, 0.3) is 11.6 Å². The fourth-order valence-corrected chi connectivity index (χ4v) is 3.38. The smallest absolute Gasteiger partial charge is 0.269 e. The van der Waals surface area contributed by atoms with E-state index in [0.717, 1.165) is 18.5 Å². The predicted octanol–water partition coefficient (Wildman–Crippen LogP) is 2.66. The van der Waals surface area contributed by atoms with Crippen LogP contribution in [0, 0.1) is 6.92 Å². The monoisotopic (exact) mass is 381 g/mol. The quantitative estimate of drug-likeness (QED) is 0.701. The number of hydrogen-bond acceptors (Lipinski definition) is 7. The average Bonchev–Trinajstić information content (AvgIpc) is 3.33. The molecule has 1 amide bonds. The van der Waals surface area contributed by atoms with Crippen molar-refractivity contribution < 1.29 is 13.7 Å². The first-order valence-corrected chi connectivity index (χ1v) is 9.44. The van der Waals surface area contributed by atoms with Gasteiger partial charge in [0.2, 0.25) is 11.8 Å². The van der Waals surface area contributed by atoms with Gasteiger partial charge in [-0.05, 0) is 37.0 Å². The Kier molecular flexibility index (Phi) is 5.10. The molecule has 28 heavy (non-hydrogen) atoms. The molecule has 0 bridgehead atoms. The van der Waals surface area contributed by atoms with E-state index in [2.05, 4.69) is 50.8 Å². The van der Waals surface area contributed by atoms with Crippen LogP contribution in [-0.4, -0.2) is 34.9 Å². The van der Waals surface area contributed by atoms with Crippen LogP contribution < -0.4 is 10.2 Å². The molecule has 8 heteroatoms. The molecule has 4 rings (SSSR count). The van der Waals surface area contributed by atoms with Gasteiger partial charge in [-0.1, -0.05) is 17.3 Å². The van der Waals surface area contributed by atoms with E-state index in [9.17, 15) is 4.79 Å². The zero-order valence-corrected chi connectivity index (χ0v) is 16.1. The zero-order valence-electron chi connectivity index (χ0n) is 16.1. The molecule has 8 nitrogen and oxygen atoms in total. The van der Waals surface area contributed by atoms with E-state index in [0.29, 0.717) is 36.2 Å². The van der Waals surface area contributed by atoms with Crippen molar-refractivity contribution in [3.8, 4) is 11.6 Å². The van der Waals surface area contributed by atoms with E-state index in [1.165, 1.54) is 17.7 Å². The molecule has 3 heterocycles. The van der Waals surface area contributed by atoms with Gasteiger partial charge < -0.3 is 19.2 Å². The molecule has 0 spiro atoms. The lowest BCUT2D eigenvalue weighted by atomic mass is 9.99. The van der Waals surface area contributed by atoms with Crippen molar-refractivity contribution in [3.05, 3.63) is 47.0 Å². The summed E-state index contributed by atoms with van der Waals surface area (Å²) in [6.07, 6.45) is 2.92. The molecular weight excluding hydrogens is 358 g/mol. The number of fused-ring (bicyclic) bond motifs is 1. The summed E-state index contributed by atoms with van der Waals surface area (Å²) in [5, 5.41) is 14.7. The number of aryl methyl sites for hydroxylation is 3. The van der Waals surface area contributed by atoms with Crippen molar-refractivity contribution in [1.29, 1.82) is 0 Å². The van der Waals surface area contributed by atoms with Gasteiger partial charge in [0.05, 0.1) is 0 Å². The van der Waals surface area contributed by atoms with Crippen LogP contribution >= 0.6 is 0 Å². The predicted molar refractivity (Wildman–Crippen MR) is 103 cm³/mol. The average molecular weight is 381 g/mol. The molecule has 146 valence electrons. The second kappa shape index (κ2) is 7.84. The summed E-state index contributed by atoms with van der Waals surface area (Å²) < 4.78 is 10.5. The van der Waals surface area contributed by atoms with Crippen molar-refractivity contribution in [2.75, 3.05) is 18.5 Å². The molecular formula is C20H23N5O3. The standard InChI is InChI=1S/C20H23N5O3/c1-13-10-16(24-28-13)20-23-22-19(27-20)8-7-18(26)21-12-14-5-6-17-15(11-14)4-3-9-25(17)2/h5-6,10-11H,3-4,7-9,12H2,1-2H3,(H,21,26). The highest BCUT2D eigenvalue weighted by atomic mass is 16.5. The van der Waals surface area contributed by atoms with Gasteiger partial charge >= 0.3 is 0 Å². The number of carbonyl (C=O) groups is 1. The van der Waals surface area contributed by atoms with E-state index in [1.54, 1.807) is 13.0 Å². The molecule has 1 aromatic carbocycles. The van der Waals surface area contributed by atoms with Gasteiger partial charge in [0.1, 0.15) is 5.76 Å². The van der Waals surface area contributed by atoms with Crippen LogP contribution in [0.2, 0.25) is 0 Å². The van der Waals surface area contributed by atoms with Crippen LogP contribution in [0.1, 0.15) is 35.6 Å². The molecule has 1 aliphatic heterocycles. The second-order valence-electron chi connectivity index (χ2n) is 7.09. The van der Waals surface area contributed by atoms with Gasteiger partial charge in [-0.15, -0.1) is 10.2 Å². The molecule has 0 aliphatic carbocycles. The van der Waals surface area contributed by atoms with Crippen LogP contribution in [-0.2, 0) is 24.2 Å². The Balaban J connectivity index is 1.28. The lowest BCUT2D eigenvalue weighted by Gasteiger charge is -2.27. The summed E-state index contributed by atoms with van der Waals surface area (Å²) in [6.45, 7) is 3.40. The van der Waals surface area contributed by atoms with E-state index in [1.807, 2.05) is 0 Å². The highest BCUT2D eigenvalue weighted by molar-refractivity contribution is 5.76. The van der Waals surface area contributed by atoms with Gasteiger partial charge in [-0.25, -0.2) is 0 Å². The minimum absolute atomic E-state index is 0.0492. The normalized spacial score (nSPS) is 13.4. The van der Waals surface area contributed by atoms with Crippen molar-refractivity contribution in [3.63, 3.8) is 0 Å². The zero-order chi connectivity index (χ0) is 19.5. The Morgan fingerprint density at radius 2 is 2.18 bits per heavy atom. The second-order valence-corrected chi connectivity index (χ2v) is 7.09. The molecule has 0 saturated heterocycles. The molecule has 3 aromatic rings. The Labute approximate surface area is 162 Å². The molecule has 0 unspecified atom stereocenters. The van der Waals surface area contributed by atoms with Crippen molar-refractivity contribution >= 4 is 11.6 Å². The Hall–Kier alpha value is -3.16. The fourth-order valence-electron chi connectivity index (χ4n) is 3.38. The maximum absolute atomic E-state index is 12.2. The Morgan fingerprint density at radius 3 is 3.00 bits per heavy atom. The van der Waals surface area contributed by atoms with E-state index >= 15 is 0 Å². The van der Waals surface area contributed by atoms with Crippen LogP contribution in [0.3, 0.4) is 0 Å². The third kappa shape index (κ3) is 4.05. The Morgan fingerprint density at radius 1 is 1.29 bits per heavy atom. The first-order valence-electron chi connectivity index (χ1n) is 9.44. The molecule has 0 saturated carbocycles. The number of rotatable bonds is 6. The van der Waals surface area contributed by atoms with Crippen molar-refractivity contribution in [1.82, 2.24) is 20.7 Å². The minimum Gasteiger partial charge on any atom is -0.419 e. The van der Waals surface area contributed by atoms with Gasteiger partial charge in [0.25, 0.3) is 5.89 Å². The van der Waals surface area contributed by atoms with E-state index in [4.69, 9.17) is 8.94 Å². The first kappa shape index (κ1) is 18.2. The summed E-state index contributed by atoms with van der Waals surface area (Å²) in [4.78, 5) is 14.5. The van der Waals surface area contributed by atoms with Gasteiger partial charge in [0, 0.05) is 44.7 Å². The summed E-state index contributed by atoms with van der Waals surface area (Å²) in [7, 11) is 2.12. The van der Waals surface area contributed by atoms with Crippen LogP contribution in [0.4, 0.5) is 5.69 Å². The van der Waals surface area contributed by atoms with E-state index < -0.39 is 0 Å². The molecule has 0 radical (unpaired) electrons. The lowest BCUT2D eigenvalue weighted by molar-refractivity contribution is -0.121. The highest BCUT2D eigenvalue weighted by Gasteiger charge is 2.15. The lowest BCUT2D eigenvalue weighted by Crippen LogP contribution is -2.26. The van der Waals surface area contributed by atoms with Crippen LogP contribution in [0.15, 0.2) is 33.2 Å². The highest BCUT2D eigenvalue weighted by Crippen LogP contribution is 2.26. The molecule has 1 N–H and O–H groups in total. The summed E-state index contributed by atoms with van der Waals surface area (Å²) >= 11 is 0. The molecule has 0 fully saturated rings. The number of benzene rings is 1. The van der Waals surface area contributed by atoms with Crippen molar-refractivity contribution in [2.24, 2.45) is 0 Å². The SMILES string of the molecule is Cc1cc(-c2nnc(CCC(=O)NCc3ccc4c(c3)CCCN4C)o2)no1. The first-order chi connectivity index (χ1) is 13.6. The number of amides is 1. The maximum atomic E-state index is 12.2. The Bertz CT molecular complexity index is 978. The van der Waals surface area contributed by atoms with E-state index in [-0.39, 0.29) is 12.3 Å². The van der Waals surface area contributed by atoms with Crippen LogP contribution in [0.5, 0.6) is 0 Å². The van der Waals surface area contributed by atoms with Crippen molar-refractivity contribution in [2.45, 2.75) is 39.2 Å². The largest absolute Gasteiger partial charge is 0.419 e. The third-order valence-electron chi connectivity index (χ3n) is 4.86. The third-order valence-corrected chi connectivity index (χ3v) is 4.86. The molecule has 0 atom stereocenters. The van der Waals surface area contributed by atoms with Gasteiger partial charge in [0.15, 0.2) is 5.69 Å². The summed E-state index contributed by atoms with van der Waals surface area (Å²) in [6, 6.07) is 8.13. The fraction of sp³-hybridized carbons (Fsp3) is 0.400. The number of nitrogens with one attached hydrogen (secondary N) is 1. The summed E-state index contributed by atoms with van der Waals surface area (Å²) in [5.74, 6) is 1.32. The number of nitrogens with zero attached hydrogens (tertiary/aromatic N) is 4. The molecule has 2 aromatic heterocycles. The summed E-state index contributed by atoms with van der Waals surface area (Å²) in [5.41, 5.74) is 4.25. The molecule has 1 aliphatic rings. The number of hydrogen-bond donors (Lipinski definition) is 1. The number of anilines is 1.